The molecule has 7 heteroatoms. The van der Waals surface area contributed by atoms with Gasteiger partial charge in [-0.15, -0.1) is 0 Å². The summed E-state index contributed by atoms with van der Waals surface area (Å²) in [4.78, 5) is 27.5. The second kappa shape index (κ2) is 9.08. The number of halogens is 1. The van der Waals surface area contributed by atoms with Crippen LogP contribution in [0, 0.1) is 0 Å². The van der Waals surface area contributed by atoms with Crippen LogP contribution in [-0.4, -0.2) is 49.0 Å². The van der Waals surface area contributed by atoms with Gasteiger partial charge in [0.15, 0.2) is 11.5 Å². The number of ether oxygens (including phenoxy) is 1. The zero-order valence-corrected chi connectivity index (χ0v) is 19.0. The molecule has 0 aliphatic carbocycles. The lowest BCUT2D eigenvalue weighted by molar-refractivity contribution is 0.103. The van der Waals surface area contributed by atoms with Gasteiger partial charge in [0.2, 0.25) is 5.78 Å². The summed E-state index contributed by atoms with van der Waals surface area (Å²) in [5, 5.41) is 0.589. The first-order valence-electron chi connectivity index (χ1n) is 10.8. The van der Waals surface area contributed by atoms with Crippen LogP contribution in [0.5, 0.6) is 5.75 Å². The van der Waals surface area contributed by atoms with Gasteiger partial charge in [0.25, 0.3) is 0 Å². The molecule has 5 rings (SSSR count). The van der Waals surface area contributed by atoms with E-state index in [2.05, 4.69) is 21.9 Å². The summed E-state index contributed by atoms with van der Waals surface area (Å²) in [6.07, 6.45) is 0. The number of nitrogens with zero attached hydrogens (tertiary/aromatic N) is 4. The van der Waals surface area contributed by atoms with E-state index in [1.54, 1.807) is 31.4 Å². The maximum atomic E-state index is 13.4. The van der Waals surface area contributed by atoms with E-state index in [4.69, 9.17) is 26.3 Å². The van der Waals surface area contributed by atoms with Crippen molar-refractivity contribution in [3.05, 3.63) is 89.1 Å². The SMILES string of the molecule is COc1ccc(N2CCN(c3nc4ccccc4nc3C(=O)c3ccc(Cl)cc3)CC2)cc1. The Kier molecular flexibility index (Phi) is 5.84. The highest BCUT2D eigenvalue weighted by Crippen LogP contribution is 2.27. The molecule has 0 spiro atoms. The van der Waals surface area contributed by atoms with Gasteiger partial charge in [0.1, 0.15) is 5.75 Å². The van der Waals surface area contributed by atoms with Gasteiger partial charge in [0.05, 0.1) is 18.1 Å². The lowest BCUT2D eigenvalue weighted by Gasteiger charge is -2.37. The number of anilines is 2. The van der Waals surface area contributed by atoms with Crippen molar-refractivity contribution < 1.29 is 9.53 Å². The third-order valence-electron chi connectivity index (χ3n) is 5.89. The fraction of sp³-hybridized carbons (Fsp3) is 0.192. The first-order chi connectivity index (χ1) is 16.1. The molecule has 0 radical (unpaired) electrons. The Morgan fingerprint density at radius 3 is 2.06 bits per heavy atom. The van der Waals surface area contributed by atoms with E-state index in [1.807, 2.05) is 36.4 Å². The van der Waals surface area contributed by atoms with E-state index in [0.717, 1.165) is 43.1 Å². The Hall–Kier alpha value is -3.64. The molecular formula is C26H23ClN4O2. The molecule has 33 heavy (non-hydrogen) atoms. The van der Waals surface area contributed by atoms with Gasteiger partial charge in [-0.1, -0.05) is 23.7 Å². The summed E-state index contributed by atoms with van der Waals surface area (Å²) < 4.78 is 5.26. The van der Waals surface area contributed by atoms with Crippen molar-refractivity contribution in [3.63, 3.8) is 0 Å². The molecule has 0 unspecified atom stereocenters. The van der Waals surface area contributed by atoms with Crippen molar-refractivity contribution in [2.45, 2.75) is 0 Å². The van der Waals surface area contributed by atoms with Crippen LogP contribution in [-0.2, 0) is 0 Å². The monoisotopic (exact) mass is 458 g/mol. The second-order valence-corrected chi connectivity index (χ2v) is 8.33. The Balaban J connectivity index is 1.45. The van der Waals surface area contributed by atoms with Crippen LogP contribution >= 0.6 is 11.6 Å². The molecule has 1 aromatic heterocycles. The largest absolute Gasteiger partial charge is 0.497 e. The van der Waals surface area contributed by atoms with Gasteiger partial charge in [0, 0.05) is 42.5 Å². The molecule has 6 nitrogen and oxygen atoms in total. The molecule has 1 fully saturated rings. The lowest BCUT2D eigenvalue weighted by Crippen LogP contribution is -2.47. The number of hydrogen-bond donors (Lipinski definition) is 0. The maximum Gasteiger partial charge on any atom is 0.215 e. The fourth-order valence-corrected chi connectivity index (χ4v) is 4.20. The van der Waals surface area contributed by atoms with Crippen molar-refractivity contribution in [2.75, 3.05) is 43.1 Å². The summed E-state index contributed by atoms with van der Waals surface area (Å²) in [6, 6.07) is 22.6. The van der Waals surface area contributed by atoms with Gasteiger partial charge < -0.3 is 14.5 Å². The zero-order chi connectivity index (χ0) is 22.8. The number of methoxy groups -OCH3 is 1. The molecular weight excluding hydrogens is 436 g/mol. The number of fused-ring (bicyclic) bond motifs is 1. The Morgan fingerprint density at radius 1 is 0.818 bits per heavy atom. The number of ketones is 1. The van der Waals surface area contributed by atoms with Crippen LogP contribution in [0.3, 0.4) is 0 Å². The lowest BCUT2D eigenvalue weighted by atomic mass is 10.1. The predicted molar refractivity (Wildman–Crippen MR) is 132 cm³/mol. The third kappa shape index (κ3) is 4.34. The number of piperazine rings is 1. The molecule has 2 heterocycles. The zero-order valence-electron chi connectivity index (χ0n) is 18.2. The number of hydrogen-bond acceptors (Lipinski definition) is 6. The van der Waals surface area contributed by atoms with E-state index in [0.29, 0.717) is 27.6 Å². The van der Waals surface area contributed by atoms with E-state index in [-0.39, 0.29) is 5.78 Å². The summed E-state index contributed by atoms with van der Waals surface area (Å²) in [5.41, 5.74) is 3.54. The van der Waals surface area contributed by atoms with Crippen LogP contribution < -0.4 is 14.5 Å². The quantitative estimate of drug-likeness (QED) is 0.398. The average Bonchev–Trinajstić information content (AvgIpc) is 2.88. The normalized spacial score (nSPS) is 13.9. The maximum absolute atomic E-state index is 13.4. The van der Waals surface area contributed by atoms with Crippen LogP contribution in [0.4, 0.5) is 11.5 Å². The highest BCUT2D eigenvalue weighted by Gasteiger charge is 2.25. The number of carbonyl (C=O) groups excluding carboxylic acids is 1. The summed E-state index contributed by atoms with van der Waals surface area (Å²) >= 11 is 6.02. The van der Waals surface area contributed by atoms with E-state index in [1.165, 1.54) is 0 Å². The van der Waals surface area contributed by atoms with Gasteiger partial charge in [-0.2, -0.15) is 0 Å². The average molecular weight is 459 g/mol. The molecule has 0 atom stereocenters. The number of carbonyl (C=O) groups is 1. The minimum absolute atomic E-state index is 0.155. The van der Waals surface area contributed by atoms with Crippen LogP contribution in [0.15, 0.2) is 72.8 Å². The molecule has 1 aliphatic rings. The minimum Gasteiger partial charge on any atom is -0.497 e. The highest BCUT2D eigenvalue weighted by molar-refractivity contribution is 6.30. The molecule has 3 aromatic carbocycles. The second-order valence-electron chi connectivity index (χ2n) is 7.89. The third-order valence-corrected chi connectivity index (χ3v) is 6.14. The topological polar surface area (TPSA) is 58.6 Å². The van der Waals surface area contributed by atoms with Crippen LogP contribution in [0.2, 0.25) is 5.02 Å². The van der Waals surface area contributed by atoms with Gasteiger partial charge >= 0.3 is 0 Å². The molecule has 0 saturated carbocycles. The molecule has 1 saturated heterocycles. The Bertz CT molecular complexity index is 1280. The number of rotatable bonds is 5. The summed E-state index contributed by atoms with van der Waals surface area (Å²) in [5.74, 6) is 1.31. The first-order valence-corrected chi connectivity index (χ1v) is 11.2. The summed E-state index contributed by atoms with van der Waals surface area (Å²) in [6.45, 7) is 3.10. The summed E-state index contributed by atoms with van der Waals surface area (Å²) in [7, 11) is 1.67. The molecule has 1 aliphatic heterocycles. The van der Waals surface area contributed by atoms with Crippen LogP contribution in [0.25, 0.3) is 11.0 Å². The molecule has 166 valence electrons. The smallest absolute Gasteiger partial charge is 0.215 e. The van der Waals surface area contributed by atoms with Gasteiger partial charge in [-0.25, -0.2) is 9.97 Å². The number of aromatic nitrogens is 2. The Morgan fingerprint density at radius 2 is 1.42 bits per heavy atom. The van der Waals surface area contributed by atoms with Gasteiger partial charge in [-0.3, -0.25) is 4.79 Å². The van der Waals surface area contributed by atoms with Crippen molar-refractivity contribution in [1.82, 2.24) is 9.97 Å². The van der Waals surface area contributed by atoms with Crippen molar-refractivity contribution in [3.8, 4) is 5.75 Å². The number of benzene rings is 3. The first kappa shape index (κ1) is 21.2. The predicted octanol–water partition coefficient (Wildman–Crippen LogP) is 4.85. The molecule has 0 N–H and O–H groups in total. The molecule has 0 amide bonds. The molecule has 4 aromatic rings. The van der Waals surface area contributed by atoms with E-state index >= 15 is 0 Å². The Labute approximate surface area is 197 Å². The van der Waals surface area contributed by atoms with Crippen LogP contribution in [0.1, 0.15) is 16.1 Å². The number of para-hydroxylation sites is 2. The standard InChI is InChI=1S/C26H23ClN4O2/c1-33-21-12-10-20(11-13-21)30-14-16-31(17-15-30)26-24(25(32)18-6-8-19(27)9-7-18)28-22-4-2-3-5-23(22)29-26/h2-13H,14-17H2,1H3. The van der Waals surface area contributed by atoms with Gasteiger partial charge in [-0.05, 0) is 60.7 Å². The van der Waals surface area contributed by atoms with Crippen molar-refractivity contribution >= 4 is 39.9 Å². The minimum atomic E-state index is -0.155. The van der Waals surface area contributed by atoms with Crippen molar-refractivity contribution in [2.24, 2.45) is 0 Å². The van der Waals surface area contributed by atoms with Crippen molar-refractivity contribution in [1.29, 1.82) is 0 Å². The highest BCUT2D eigenvalue weighted by atomic mass is 35.5. The fourth-order valence-electron chi connectivity index (χ4n) is 4.07. The molecule has 0 bridgehead atoms. The van der Waals surface area contributed by atoms with E-state index in [9.17, 15) is 4.79 Å². The van der Waals surface area contributed by atoms with E-state index < -0.39 is 0 Å².